The van der Waals surface area contributed by atoms with Crippen LogP contribution in [0.25, 0.3) is 10.2 Å². The number of hydrogen-bond donors (Lipinski definition) is 0. The largest absolute Gasteiger partial charge is 0.379 e. The minimum absolute atomic E-state index is 0.807. The fourth-order valence-corrected chi connectivity index (χ4v) is 6.08. The van der Waals surface area contributed by atoms with Crippen molar-refractivity contribution in [2.45, 2.75) is 32.2 Å². The van der Waals surface area contributed by atoms with Gasteiger partial charge in [-0.2, -0.15) is 0 Å². The van der Waals surface area contributed by atoms with Crippen LogP contribution in [0.4, 0.5) is 11.5 Å². The summed E-state index contributed by atoms with van der Waals surface area (Å²) in [5, 5.41) is 1.32. The summed E-state index contributed by atoms with van der Waals surface area (Å²) in [6, 6.07) is 8.78. The second-order valence-corrected chi connectivity index (χ2v) is 9.00. The molecule has 4 heterocycles. The Labute approximate surface area is 169 Å². The molecule has 6 heteroatoms. The molecular formula is C22H24N4OS. The molecule has 1 saturated heterocycles. The zero-order valence-electron chi connectivity index (χ0n) is 16.0. The van der Waals surface area contributed by atoms with Gasteiger partial charge in [-0.05, 0) is 42.9 Å². The Kier molecular flexibility index (Phi) is 4.10. The quantitative estimate of drug-likeness (QED) is 0.680. The van der Waals surface area contributed by atoms with Crippen LogP contribution in [0.15, 0.2) is 24.3 Å². The van der Waals surface area contributed by atoms with E-state index in [4.69, 9.17) is 14.7 Å². The first kappa shape index (κ1) is 16.9. The molecule has 1 aliphatic carbocycles. The normalized spacial score (nSPS) is 19.4. The standard InChI is InChI=1S/C22H24N4OS/c1-2-6-17-15(4-1)8-9-26(17)21-20-16-5-3-7-18(16)28-22(20)24-19(23-21)14-25-10-12-27-13-11-25/h1-2,4,6H,3,5,7-14H2. The Morgan fingerprint density at radius 2 is 1.89 bits per heavy atom. The topological polar surface area (TPSA) is 41.5 Å². The van der Waals surface area contributed by atoms with Gasteiger partial charge in [0, 0.05) is 30.2 Å². The van der Waals surface area contributed by atoms with Gasteiger partial charge in [-0.1, -0.05) is 18.2 Å². The Morgan fingerprint density at radius 1 is 1.00 bits per heavy atom. The van der Waals surface area contributed by atoms with E-state index in [9.17, 15) is 0 Å². The minimum Gasteiger partial charge on any atom is -0.379 e. The van der Waals surface area contributed by atoms with Crippen LogP contribution < -0.4 is 4.90 Å². The lowest BCUT2D eigenvalue weighted by Crippen LogP contribution is -2.36. The van der Waals surface area contributed by atoms with Gasteiger partial charge in [-0.15, -0.1) is 11.3 Å². The van der Waals surface area contributed by atoms with Gasteiger partial charge in [0.05, 0.1) is 25.1 Å². The van der Waals surface area contributed by atoms with Gasteiger partial charge in [0.25, 0.3) is 0 Å². The molecule has 0 saturated carbocycles. The van der Waals surface area contributed by atoms with Gasteiger partial charge in [0.1, 0.15) is 16.5 Å². The van der Waals surface area contributed by atoms with Gasteiger partial charge in [-0.3, -0.25) is 4.90 Å². The number of anilines is 2. The molecule has 0 atom stereocenters. The third kappa shape index (κ3) is 2.74. The first-order chi connectivity index (χ1) is 13.9. The molecular weight excluding hydrogens is 368 g/mol. The number of aromatic nitrogens is 2. The lowest BCUT2D eigenvalue weighted by molar-refractivity contribution is 0.0331. The van der Waals surface area contributed by atoms with Crippen LogP contribution in [0.2, 0.25) is 0 Å². The maximum atomic E-state index is 5.50. The summed E-state index contributed by atoms with van der Waals surface area (Å²) in [5.41, 5.74) is 4.26. The lowest BCUT2D eigenvalue weighted by Gasteiger charge is -2.26. The maximum absolute atomic E-state index is 5.50. The summed E-state index contributed by atoms with van der Waals surface area (Å²) in [6.45, 7) is 5.36. The highest BCUT2D eigenvalue weighted by molar-refractivity contribution is 7.19. The third-order valence-corrected chi connectivity index (χ3v) is 7.39. The molecule has 0 amide bonds. The summed E-state index contributed by atoms with van der Waals surface area (Å²) in [7, 11) is 0. The van der Waals surface area contributed by atoms with Crippen LogP contribution in [-0.4, -0.2) is 47.7 Å². The Morgan fingerprint density at radius 3 is 2.82 bits per heavy atom. The molecule has 6 rings (SSSR count). The number of morpholine rings is 1. The van der Waals surface area contributed by atoms with Gasteiger partial charge in [-0.25, -0.2) is 9.97 Å². The summed E-state index contributed by atoms with van der Waals surface area (Å²) in [4.78, 5) is 17.7. The van der Waals surface area contributed by atoms with Crippen molar-refractivity contribution in [3.8, 4) is 0 Å². The van der Waals surface area contributed by atoms with Crippen molar-refractivity contribution in [1.29, 1.82) is 0 Å². The SMILES string of the molecule is c1ccc2c(c1)CCN2c1nc(CN2CCOCC2)nc2sc3c(c12)CCC3. The molecule has 28 heavy (non-hydrogen) atoms. The number of fused-ring (bicyclic) bond motifs is 4. The number of ether oxygens (including phenoxy) is 1. The molecule has 3 aromatic rings. The second-order valence-electron chi connectivity index (χ2n) is 7.92. The van der Waals surface area contributed by atoms with E-state index in [1.54, 1.807) is 0 Å². The molecule has 0 radical (unpaired) electrons. The van der Waals surface area contributed by atoms with Crippen LogP contribution in [0, 0.1) is 0 Å². The van der Waals surface area contributed by atoms with Crippen molar-refractivity contribution in [3.05, 3.63) is 46.1 Å². The molecule has 0 spiro atoms. The number of para-hydroxylation sites is 1. The van der Waals surface area contributed by atoms with E-state index in [0.717, 1.165) is 57.5 Å². The van der Waals surface area contributed by atoms with E-state index in [1.165, 1.54) is 51.2 Å². The summed E-state index contributed by atoms with van der Waals surface area (Å²) in [5.74, 6) is 2.09. The lowest BCUT2D eigenvalue weighted by atomic mass is 10.1. The molecule has 1 aromatic carbocycles. The fraction of sp³-hybridized carbons (Fsp3) is 0.455. The molecule has 1 fully saturated rings. The Hall–Kier alpha value is -2.02. The van der Waals surface area contributed by atoms with Crippen LogP contribution in [-0.2, 0) is 30.5 Å². The first-order valence-corrected chi connectivity index (χ1v) is 11.2. The van der Waals surface area contributed by atoms with Crippen molar-refractivity contribution < 1.29 is 4.74 Å². The number of hydrogen-bond acceptors (Lipinski definition) is 6. The number of rotatable bonds is 3. The van der Waals surface area contributed by atoms with Crippen molar-refractivity contribution in [2.75, 3.05) is 37.7 Å². The van der Waals surface area contributed by atoms with Gasteiger partial charge >= 0.3 is 0 Å². The van der Waals surface area contributed by atoms with Crippen LogP contribution >= 0.6 is 11.3 Å². The number of thiophene rings is 1. The Balaban J connectivity index is 1.48. The van der Waals surface area contributed by atoms with E-state index in [1.807, 2.05) is 11.3 Å². The van der Waals surface area contributed by atoms with E-state index in [2.05, 4.69) is 34.1 Å². The maximum Gasteiger partial charge on any atom is 0.146 e. The number of benzene rings is 1. The van der Waals surface area contributed by atoms with E-state index < -0.39 is 0 Å². The van der Waals surface area contributed by atoms with Crippen molar-refractivity contribution in [1.82, 2.24) is 14.9 Å². The molecule has 3 aliphatic rings. The molecule has 5 nitrogen and oxygen atoms in total. The zero-order valence-corrected chi connectivity index (χ0v) is 16.8. The molecule has 0 N–H and O–H groups in total. The van der Waals surface area contributed by atoms with Gasteiger partial charge in [0.15, 0.2) is 0 Å². The Bertz CT molecular complexity index is 1040. The fourth-order valence-electron chi connectivity index (χ4n) is 4.80. The monoisotopic (exact) mass is 392 g/mol. The number of aryl methyl sites for hydroxylation is 2. The van der Waals surface area contributed by atoms with Gasteiger partial charge < -0.3 is 9.64 Å². The summed E-state index contributed by atoms with van der Waals surface area (Å²) in [6.07, 6.45) is 4.73. The predicted octanol–water partition coefficient (Wildman–Crippen LogP) is 3.71. The molecule has 144 valence electrons. The highest BCUT2D eigenvalue weighted by Crippen LogP contribution is 2.44. The molecule has 0 bridgehead atoms. The smallest absolute Gasteiger partial charge is 0.146 e. The summed E-state index contributed by atoms with van der Waals surface area (Å²) >= 11 is 1.90. The highest BCUT2D eigenvalue weighted by atomic mass is 32.1. The van der Waals surface area contributed by atoms with Crippen LogP contribution in [0.1, 0.15) is 28.2 Å². The highest BCUT2D eigenvalue weighted by Gasteiger charge is 2.28. The van der Waals surface area contributed by atoms with Gasteiger partial charge in [0.2, 0.25) is 0 Å². The van der Waals surface area contributed by atoms with Crippen molar-refractivity contribution in [3.63, 3.8) is 0 Å². The van der Waals surface area contributed by atoms with Crippen molar-refractivity contribution in [2.24, 2.45) is 0 Å². The average molecular weight is 393 g/mol. The molecule has 2 aromatic heterocycles. The average Bonchev–Trinajstić information content (AvgIpc) is 3.42. The van der Waals surface area contributed by atoms with Crippen LogP contribution in [0.5, 0.6) is 0 Å². The van der Waals surface area contributed by atoms with E-state index in [0.29, 0.717) is 0 Å². The molecule has 2 aliphatic heterocycles. The van der Waals surface area contributed by atoms with Crippen molar-refractivity contribution >= 4 is 33.1 Å². The zero-order chi connectivity index (χ0) is 18.5. The third-order valence-electron chi connectivity index (χ3n) is 6.20. The first-order valence-electron chi connectivity index (χ1n) is 10.3. The molecule has 0 unspecified atom stereocenters. The van der Waals surface area contributed by atoms with E-state index in [-0.39, 0.29) is 0 Å². The van der Waals surface area contributed by atoms with Crippen LogP contribution in [0.3, 0.4) is 0 Å². The minimum atomic E-state index is 0.807. The second kappa shape index (κ2) is 6.79. The van der Waals surface area contributed by atoms with E-state index >= 15 is 0 Å². The summed E-state index contributed by atoms with van der Waals surface area (Å²) < 4.78 is 5.50. The predicted molar refractivity (Wildman–Crippen MR) is 113 cm³/mol. The number of nitrogens with zero attached hydrogens (tertiary/aromatic N) is 4.